The molecule has 1 atom stereocenters. The summed E-state index contributed by atoms with van der Waals surface area (Å²) < 4.78 is 36.4. The highest BCUT2D eigenvalue weighted by molar-refractivity contribution is 5.96. The number of halogens is 2. The van der Waals surface area contributed by atoms with Crippen molar-refractivity contribution < 1.29 is 32.3 Å². The van der Waals surface area contributed by atoms with Gasteiger partial charge in [-0.1, -0.05) is 13.8 Å². The maximum atomic E-state index is 13.5. The molecule has 0 bridgehead atoms. The molecule has 0 spiro atoms. The van der Waals surface area contributed by atoms with E-state index in [9.17, 15) is 23.2 Å². The van der Waals surface area contributed by atoms with E-state index in [2.05, 4.69) is 10.6 Å². The molecule has 27 heavy (non-hydrogen) atoms. The lowest BCUT2D eigenvalue weighted by Crippen LogP contribution is -2.45. The van der Waals surface area contributed by atoms with E-state index in [0.29, 0.717) is 0 Å². The van der Waals surface area contributed by atoms with Crippen molar-refractivity contribution in [3.05, 3.63) is 54.0 Å². The normalized spacial score (nSPS) is 11.7. The first-order valence-corrected chi connectivity index (χ1v) is 8.04. The number of hydrogen-bond donors (Lipinski definition) is 2. The lowest BCUT2D eigenvalue weighted by atomic mass is 10.0. The quantitative estimate of drug-likeness (QED) is 0.720. The van der Waals surface area contributed by atoms with Crippen molar-refractivity contribution in [3.8, 4) is 0 Å². The summed E-state index contributed by atoms with van der Waals surface area (Å²) in [5.41, 5.74) is -0.373. The summed E-state index contributed by atoms with van der Waals surface area (Å²) in [6, 6.07) is 4.49. The van der Waals surface area contributed by atoms with Crippen molar-refractivity contribution in [2.45, 2.75) is 19.9 Å². The van der Waals surface area contributed by atoms with Crippen LogP contribution in [0.25, 0.3) is 0 Å². The summed E-state index contributed by atoms with van der Waals surface area (Å²) in [6.45, 7) is 2.63. The number of nitrogens with one attached hydrogen (secondary N) is 2. The molecule has 7 nitrogen and oxygen atoms in total. The molecule has 144 valence electrons. The maximum Gasteiger partial charge on any atom is 0.329 e. The molecule has 1 heterocycles. The first kappa shape index (κ1) is 20.1. The van der Waals surface area contributed by atoms with Gasteiger partial charge in [0.15, 0.2) is 12.4 Å². The van der Waals surface area contributed by atoms with E-state index in [0.717, 1.165) is 18.2 Å². The van der Waals surface area contributed by atoms with Crippen molar-refractivity contribution in [1.82, 2.24) is 5.32 Å². The minimum Gasteiger partial charge on any atom is -0.459 e. The average molecular weight is 380 g/mol. The number of carbonyl (C=O) groups is 3. The lowest BCUT2D eigenvalue weighted by Gasteiger charge is -2.20. The van der Waals surface area contributed by atoms with Crippen LogP contribution >= 0.6 is 0 Å². The fourth-order valence-electron chi connectivity index (χ4n) is 2.12. The van der Waals surface area contributed by atoms with Gasteiger partial charge in [-0.05, 0) is 30.2 Å². The maximum absolute atomic E-state index is 13.5. The van der Waals surface area contributed by atoms with Crippen LogP contribution < -0.4 is 10.6 Å². The number of benzene rings is 1. The van der Waals surface area contributed by atoms with E-state index < -0.39 is 42.1 Å². The zero-order valence-electron chi connectivity index (χ0n) is 14.6. The summed E-state index contributed by atoms with van der Waals surface area (Å²) in [7, 11) is 0. The largest absolute Gasteiger partial charge is 0.459 e. The van der Waals surface area contributed by atoms with Crippen LogP contribution in [0.15, 0.2) is 41.0 Å². The molecule has 0 aliphatic carbocycles. The zero-order valence-corrected chi connectivity index (χ0v) is 14.6. The van der Waals surface area contributed by atoms with Gasteiger partial charge in [-0.15, -0.1) is 0 Å². The molecule has 1 aromatic carbocycles. The van der Waals surface area contributed by atoms with Crippen molar-refractivity contribution in [2.24, 2.45) is 5.92 Å². The summed E-state index contributed by atoms with van der Waals surface area (Å²) in [4.78, 5) is 36.0. The predicted molar refractivity (Wildman–Crippen MR) is 90.7 cm³/mol. The van der Waals surface area contributed by atoms with Crippen molar-refractivity contribution in [2.75, 3.05) is 11.9 Å². The Kier molecular flexibility index (Phi) is 6.64. The Morgan fingerprint density at radius 3 is 2.56 bits per heavy atom. The minimum atomic E-state index is -1.03. The van der Waals surface area contributed by atoms with Gasteiger partial charge in [0.2, 0.25) is 0 Å². The number of anilines is 1. The number of hydrogen-bond acceptors (Lipinski definition) is 5. The highest BCUT2D eigenvalue weighted by atomic mass is 19.1. The lowest BCUT2D eigenvalue weighted by molar-refractivity contribution is -0.150. The molecule has 1 aromatic heterocycles. The van der Waals surface area contributed by atoms with Gasteiger partial charge in [0, 0.05) is 6.07 Å². The highest BCUT2D eigenvalue weighted by Gasteiger charge is 2.27. The number of rotatable bonds is 7. The van der Waals surface area contributed by atoms with Crippen LogP contribution in [-0.4, -0.2) is 30.4 Å². The third-order valence-corrected chi connectivity index (χ3v) is 3.50. The Balaban J connectivity index is 1.92. The van der Waals surface area contributed by atoms with Crippen LogP contribution in [0, 0.1) is 17.6 Å². The van der Waals surface area contributed by atoms with Crippen molar-refractivity contribution in [3.63, 3.8) is 0 Å². The van der Waals surface area contributed by atoms with Gasteiger partial charge in [-0.3, -0.25) is 9.59 Å². The van der Waals surface area contributed by atoms with Crippen molar-refractivity contribution >= 4 is 23.5 Å². The summed E-state index contributed by atoms with van der Waals surface area (Å²) in [5, 5.41) is 4.56. The summed E-state index contributed by atoms with van der Waals surface area (Å²) in [5.74, 6) is -4.19. The standard InChI is InChI=1S/C18H18F2N2O5/c1-10(2)16(22-17(24)14-4-3-7-26-14)18(25)27-9-15(23)21-13-8-11(19)5-6-12(13)20/h3-8,10,16H,9H2,1-2H3,(H,21,23)(H,22,24)/t16-/m0/s1. The second-order valence-electron chi connectivity index (χ2n) is 5.95. The van der Waals surface area contributed by atoms with Gasteiger partial charge in [-0.2, -0.15) is 0 Å². The Morgan fingerprint density at radius 2 is 1.93 bits per heavy atom. The van der Waals surface area contributed by atoms with Crippen LogP contribution in [0.4, 0.5) is 14.5 Å². The molecular weight excluding hydrogens is 362 g/mol. The van der Waals surface area contributed by atoms with Gasteiger partial charge < -0.3 is 19.8 Å². The van der Waals surface area contributed by atoms with E-state index in [1.165, 1.54) is 18.4 Å². The molecule has 2 amide bonds. The first-order valence-electron chi connectivity index (χ1n) is 8.04. The fraction of sp³-hybridized carbons (Fsp3) is 0.278. The molecule has 2 aromatic rings. The van der Waals surface area contributed by atoms with E-state index in [1.807, 2.05) is 0 Å². The molecule has 0 saturated carbocycles. The molecule has 0 aliphatic heterocycles. The van der Waals surface area contributed by atoms with Gasteiger partial charge in [-0.25, -0.2) is 13.6 Å². The van der Waals surface area contributed by atoms with Crippen LogP contribution in [0.1, 0.15) is 24.4 Å². The number of furan rings is 1. The fourth-order valence-corrected chi connectivity index (χ4v) is 2.12. The molecule has 0 saturated heterocycles. The average Bonchev–Trinajstić information content (AvgIpc) is 3.15. The topological polar surface area (TPSA) is 97.6 Å². The minimum absolute atomic E-state index is 0.0211. The molecule has 0 radical (unpaired) electrons. The van der Waals surface area contributed by atoms with Gasteiger partial charge in [0.25, 0.3) is 11.8 Å². The Labute approximate surface area is 153 Å². The highest BCUT2D eigenvalue weighted by Crippen LogP contribution is 2.15. The number of esters is 1. The van der Waals surface area contributed by atoms with Crippen LogP contribution in [0.2, 0.25) is 0 Å². The molecule has 9 heteroatoms. The van der Waals surface area contributed by atoms with Gasteiger partial charge in [0.05, 0.1) is 12.0 Å². The Hall–Kier alpha value is -3.23. The SMILES string of the molecule is CC(C)[C@H](NC(=O)c1ccco1)C(=O)OCC(=O)Nc1cc(F)ccc1F. The predicted octanol–water partition coefficient (Wildman–Crippen LogP) is 2.49. The number of ether oxygens (including phenoxy) is 1. The van der Waals surface area contributed by atoms with Gasteiger partial charge >= 0.3 is 5.97 Å². The third-order valence-electron chi connectivity index (χ3n) is 3.50. The first-order chi connectivity index (χ1) is 12.8. The summed E-state index contributed by atoms with van der Waals surface area (Å²) in [6.07, 6.45) is 1.31. The smallest absolute Gasteiger partial charge is 0.329 e. The van der Waals surface area contributed by atoms with E-state index in [-0.39, 0.29) is 17.4 Å². The van der Waals surface area contributed by atoms with Crippen LogP contribution in [-0.2, 0) is 14.3 Å². The third kappa shape index (κ3) is 5.63. The monoisotopic (exact) mass is 380 g/mol. The molecular formula is C18H18F2N2O5. The Bertz CT molecular complexity index is 821. The van der Waals surface area contributed by atoms with Crippen LogP contribution in [0.3, 0.4) is 0 Å². The number of amides is 2. The molecule has 2 N–H and O–H groups in total. The second kappa shape index (κ2) is 8.93. The van der Waals surface area contributed by atoms with Crippen molar-refractivity contribution in [1.29, 1.82) is 0 Å². The zero-order chi connectivity index (χ0) is 20.0. The van der Waals surface area contributed by atoms with E-state index in [4.69, 9.17) is 9.15 Å². The second-order valence-corrected chi connectivity index (χ2v) is 5.95. The van der Waals surface area contributed by atoms with E-state index >= 15 is 0 Å². The van der Waals surface area contributed by atoms with E-state index in [1.54, 1.807) is 13.8 Å². The molecule has 0 fully saturated rings. The molecule has 0 unspecified atom stereocenters. The molecule has 0 aliphatic rings. The number of carbonyl (C=O) groups excluding carboxylic acids is 3. The van der Waals surface area contributed by atoms with Crippen LogP contribution in [0.5, 0.6) is 0 Å². The van der Waals surface area contributed by atoms with Gasteiger partial charge in [0.1, 0.15) is 17.7 Å². The summed E-state index contributed by atoms with van der Waals surface area (Å²) >= 11 is 0. The Morgan fingerprint density at radius 1 is 1.19 bits per heavy atom. The molecule has 2 rings (SSSR count).